The van der Waals surface area contributed by atoms with Gasteiger partial charge in [0.1, 0.15) is 0 Å². The lowest BCUT2D eigenvalue weighted by molar-refractivity contribution is -0.00572. The van der Waals surface area contributed by atoms with Gasteiger partial charge in [0.2, 0.25) is 5.95 Å². The Morgan fingerprint density at radius 2 is 2.12 bits per heavy atom. The van der Waals surface area contributed by atoms with E-state index < -0.39 is 5.97 Å². The Hall–Kier alpha value is -1.69. The zero-order chi connectivity index (χ0) is 12.4. The molecular formula is C11H15N3O3. The number of carboxylic acid groups (broad SMARTS) is 1. The molecule has 6 heteroatoms. The molecule has 0 spiro atoms. The number of morpholine rings is 1. The second-order valence-electron chi connectivity index (χ2n) is 4.21. The number of anilines is 1. The molecule has 0 bridgehead atoms. The molecule has 1 aliphatic rings. The van der Waals surface area contributed by atoms with Crippen LogP contribution in [0.15, 0.2) is 12.3 Å². The van der Waals surface area contributed by atoms with Crippen molar-refractivity contribution in [2.45, 2.75) is 26.1 Å². The lowest BCUT2D eigenvalue weighted by Gasteiger charge is -2.35. The maximum Gasteiger partial charge on any atom is 0.354 e. The fourth-order valence-corrected chi connectivity index (χ4v) is 1.96. The minimum atomic E-state index is -1.04. The number of hydrogen-bond donors (Lipinski definition) is 1. The Balaban J connectivity index is 2.21. The second-order valence-corrected chi connectivity index (χ2v) is 4.21. The van der Waals surface area contributed by atoms with Gasteiger partial charge in [-0.2, -0.15) is 0 Å². The molecule has 0 amide bonds. The van der Waals surface area contributed by atoms with Crippen LogP contribution in [0.4, 0.5) is 5.95 Å². The first kappa shape index (κ1) is 11.8. The van der Waals surface area contributed by atoms with Crippen molar-refractivity contribution in [3.05, 3.63) is 18.0 Å². The molecule has 2 atom stereocenters. The summed E-state index contributed by atoms with van der Waals surface area (Å²) in [7, 11) is 0. The van der Waals surface area contributed by atoms with Crippen LogP contribution >= 0.6 is 0 Å². The highest BCUT2D eigenvalue weighted by Crippen LogP contribution is 2.16. The van der Waals surface area contributed by atoms with Crippen molar-refractivity contribution < 1.29 is 14.6 Å². The van der Waals surface area contributed by atoms with Gasteiger partial charge in [0.15, 0.2) is 5.69 Å². The van der Waals surface area contributed by atoms with E-state index in [9.17, 15) is 4.79 Å². The average molecular weight is 237 g/mol. The van der Waals surface area contributed by atoms with Gasteiger partial charge in [0.05, 0.1) is 12.2 Å². The van der Waals surface area contributed by atoms with Crippen molar-refractivity contribution >= 4 is 11.9 Å². The van der Waals surface area contributed by atoms with E-state index in [0.29, 0.717) is 19.0 Å². The molecule has 1 aromatic rings. The number of rotatable bonds is 2. The van der Waals surface area contributed by atoms with E-state index in [-0.39, 0.29) is 17.9 Å². The summed E-state index contributed by atoms with van der Waals surface area (Å²) in [5.41, 5.74) is 0.0156. The van der Waals surface area contributed by atoms with Crippen molar-refractivity contribution in [2.24, 2.45) is 0 Å². The van der Waals surface area contributed by atoms with Crippen LogP contribution in [0.5, 0.6) is 0 Å². The summed E-state index contributed by atoms with van der Waals surface area (Å²) in [5.74, 6) is -0.588. The van der Waals surface area contributed by atoms with E-state index in [2.05, 4.69) is 9.97 Å². The molecule has 0 saturated carbocycles. The van der Waals surface area contributed by atoms with Crippen LogP contribution < -0.4 is 4.90 Å². The summed E-state index contributed by atoms with van der Waals surface area (Å²) in [4.78, 5) is 20.9. The Morgan fingerprint density at radius 3 is 2.71 bits per heavy atom. The molecule has 0 radical (unpaired) electrons. The largest absolute Gasteiger partial charge is 0.477 e. The van der Waals surface area contributed by atoms with Crippen molar-refractivity contribution in [3.8, 4) is 0 Å². The van der Waals surface area contributed by atoms with Gasteiger partial charge in [-0.1, -0.05) is 0 Å². The maximum atomic E-state index is 10.8. The van der Waals surface area contributed by atoms with Crippen LogP contribution in [0.3, 0.4) is 0 Å². The molecule has 1 aliphatic heterocycles. The number of nitrogens with zero attached hydrogens (tertiary/aromatic N) is 3. The van der Waals surface area contributed by atoms with Crippen LogP contribution in [-0.2, 0) is 4.74 Å². The number of ether oxygens (including phenoxy) is 1. The van der Waals surface area contributed by atoms with Crippen molar-refractivity contribution in [1.29, 1.82) is 0 Å². The Labute approximate surface area is 99.2 Å². The van der Waals surface area contributed by atoms with Crippen LogP contribution in [0.25, 0.3) is 0 Å². The van der Waals surface area contributed by atoms with Gasteiger partial charge in [-0.05, 0) is 19.9 Å². The molecule has 6 nitrogen and oxygen atoms in total. The highest BCUT2D eigenvalue weighted by molar-refractivity contribution is 5.85. The quantitative estimate of drug-likeness (QED) is 0.819. The third-order valence-electron chi connectivity index (χ3n) is 2.56. The van der Waals surface area contributed by atoms with E-state index >= 15 is 0 Å². The predicted molar refractivity (Wildman–Crippen MR) is 61.2 cm³/mol. The molecule has 17 heavy (non-hydrogen) atoms. The monoisotopic (exact) mass is 237 g/mol. The van der Waals surface area contributed by atoms with Gasteiger partial charge >= 0.3 is 5.97 Å². The van der Waals surface area contributed by atoms with Crippen LogP contribution in [0.1, 0.15) is 24.3 Å². The van der Waals surface area contributed by atoms with Gasteiger partial charge in [-0.15, -0.1) is 0 Å². The van der Waals surface area contributed by atoms with Crippen LogP contribution in [0, 0.1) is 0 Å². The van der Waals surface area contributed by atoms with E-state index in [4.69, 9.17) is 9.84 Å². The number of carboxylic acids is 1. The summed E-state index contributed by atoms with van der Waals surface area (Å²) in [6, 6.07) is 1.39. The topological polar surface area (TPSA) is 75.6 Å². The lowest BCUT2D eigenvalue weighted by atomic mass is 10.2. The van der Waals surface area contributed by atoms with Gasteiger partial charge in [-0.25, -0.2) is 14.8 Å². The molecule has 1 N–H and O–H groups in total. The van der Waals surface area contributed by atoms with Gasteiger partial charge in [-0.3, -0.25) is 0 Å². The first-order chi connectivity index (χ1) is 8.06. The molecule has 2 heterocycles. The molecule has 1 fully saturated rings. The molecule has 0 aliphatic carbocycles. The SMILES string of the molecule is C[C@@H]1CN(c2nccc(C(=O)O)n2)C[C@H](C)O1. The predicted octanol–water partition coefficient (Wildman–Crippen LogP) is 0.788. The zero-order valence-corrected chi connectivity index (χ0v) is 9.83. The summed E-state index contributed by atoms with van der Waals surface area (Å²) in [6.07, 6.45) is 1.66. The third-order valence-corrected chi connectivity index (χ3v) is 2.56. The van der Waals surface area contributed by atoms with E-state index in [0.717, 1.165) is 0 Å². The smallest absolute Gasteiger partial charge is 0.354 e. The molecule has 2 rings (SSSR count). The molecule has 92 valence electrons. The number of hydrogen-bond acceptors (Lipinski definition) is 5. The molecule has 1 saturated heterocycles. The number of aromatic carboxylic acids is 1. The Morgan fingerprint density at radius 1 is 1.47 bits per heavy atom. The fourth-order valence-electron chi connectivity index (χ4n) is 1.96. The number of carbonyl (C=O) groups is 1. The van der Waals surface area contributed by atoms with Gasteiger partial charge in [0, 0.05) is 19.3 Å². The highest BCUT2D eigenvalue weighted by atomic mass is 16.5. The maximum absolute atomic E-state index is 10.8. The van der Waals surface area contributed by atoms with E-state index in [1.807, 2.05) is 18.7 Å². The third kappa shape index (κ3) is 2.71. The van der Waals surface area contributed by atoms with Crippen LogP contribution in [0.2, 0.25) is 0 Å². The molecule has 1 aromatic heterocycles. The molecule has 0 aromatic carbocycles. The minimum absolute atomic E-state index is 0.0156. The lowest BCUT2D eigenvalue weighted by Crippen LogP contribution is -2.46. The van der Waals surface area contributed by atoms with E-state index in [1.54, 1.807) is 0 Å². The first-order valence-electron chi connectivity index (χ1n) is 5.53. The summed E-state index contributed by atoms with van der Waals surface area (Å²) in [5, 5.41) is 8.88. The van der Waals surface area contributed by atoms with Crippen molar-refractivity contribution in [3.63, 3.8) is 0 Å². The van der Waals surface area contributed by atoms with Gasteiger partial charge < -0.3 is 14.7 Å². The summed E-state index contributed by atoms with van der Waals surface area (Å²) < 4.78 is 5.60. The highest BCUT2D eigenvalue weighted by Gasteiger charge is 2.24. The number of aromatic nitrogens is 2. The Bertz CT molecular complexity index is 414. The van der Waals surface area contributed by atoms with E-state index in [1.165, 1.54) is 12.3 Å². The minimum Gasteiger partial charge on any atom is -0.477 e. The Kier molecular flexibility index (Phi) is 3.23. The van der Waals surface area contributed by atoms with Gasteiger partial charge in [0.25, 0.3) is 0 Å². The second kappa shape index (κ2) is 4.67. The normalized spacial score (nSPS) is 24.7. The zero-order valence-electron chi connectivity index (χ0n) is 9.83. The summed E-state index contributed by atoms with van der Waals surface area (Å²) in [6.45, 7) is 5.30. The molecule has 0 unspecified atom stereocenters. The standard InChI is InChI=1S/C11H15N3O3/c1-7-5-14(6-8(2)17-7)11-12-4-3-9(13-11)10(15)16/h3-4,7-8H,5-6H2,1-2H3,(H,15,16)/t7-,8+. The first-order valence-corrected chi connectivity index (χ1v) is 5.53. The summed E-state index contributed by atoms with van der Waals surface area (Å²) >= 11 is 0. The molecular weight excluding hydrogens is 222 g/mol. The van der Waals surface area contributed by atoms with Crippen LogP contribution in [-0.4, -0.2) is 46.3 Å². The fraction of sp³-hybridized carbons (Fsp3) is 0.545. The van der Waals surface area contributed by atoms with Crippen molar-refractivity contribution in [1.82, 2.24) is 9.97 Å². The average Bonchev–Trinajstić information content (AvgIpc) is 2.28. The van der Waals surface area contributed by atoms with Crippen molar-refractivity contribution in [2.75, 3.05) is 18.0 Å².